The van der Waals surface area contributed by atoms with Crippen LogP contribution in [-0.4, -0.2) is 25.4 Å². The second kappa shape index (κ2) is 6.64. The minimum absolute atomic E-state index is 0.205. The van der Waals surface area contributed by atoms with Gasteiger partial charge in [-0.2, -0.15) is 0 Å². The maximum Gasteiger partial charge on any atom is 0.469 e. The van der Waals surface area contributed by atoms with Crippen LogP contribution in [0.2, 0.25) is 0 Å². The van der Waals surface area contributed by atoms with Crippen LogP contribution >= 0.6 is 0 Å². The molecule has 3 nitrogen and oxygen atoms in total. The molecule has 0 atom stereocenters. The van der Waals surface area contributed by atoms with E-state index in [-0.39, 0.29) is 23.6 Å². The van der Waals surface area contributed by atoms with Crippen molar-refractivity contribution in [2.75, 3.05) is 7.11 Å². The Morgan fingerprint density at radius 2 is 1.54 bits per heavy atom. The highest BCUT2D eigenvalue weighted by Gasteiger charge is 2.64. The fourth-order valence-corrected chi connectivity index (χ4v) is 4.60. The van der Waals surface area contributed by atoms with Crippen molar-refractivity contribution in [3.63, 3.8) is 0 Å². The van der Waals surface area contributed by atoms with E-state index in [9.17, 15) is 0 Å². The van der Waals surface area contributed by atoms with Gasteiger partial charge < -0.3 is 14.0 Å². The van der Waals surface area contributed by atoms with Gasteiger partial charge in [-0.05, 0) is 70.6 Å². The van der Waals surface area contributed by atoms with Crippen molar-refractivity contribution in [1.29, 1.82) is 0 Å². The van der Waals surface area contributed by atoms with E-state index in [4.69, 9.17) is 14.0 Å². The van der Waals surface area contributed by atoms with Crippen LogP contribution in [0.15, 0.2) is 48.5 Å². The van der Waals surface area contributed by atoms with E-state index in [2.05, 4.69) is 83.1 Å². The lowest BCUT2D eigenvalue weighted by Crippen LogP contribution is -2.54. The molecule has 0 bridgehead atoms. The molecule has 0 N–H and O–H groups in total. The van der Waals surface area contributed by atoms with Gasteiger partial charge in [-0.1, -0.05) is 48.0 Å². The van der Waals surface area contributed by atoms with Crippen molar-refractivity contribution in [1.82, 2.24) is 0 Å². The maximum atomic E-state index is 6.57. The SMILES string of the molecule is COc1ccc(C)cc1C1(B2OC(C)(C)C(C)(C)O2)CC(c2ccccc2)C1. The third kappa shape index (κ3) is 2.98. The predicted octanol–water partition coefficient (Wildman–Crippen LogP) is 5.45. The lowest BCUT2D eigenvalue weighted by Gasteiger charge is -2.49. The number of ether oxygens (including phenoxy) is 1. The summed E-state index contributed by atoms with van der Waals surface area (Å²) >= 11 is 0. The van der Waals surface area contributed by atoms with Crippen molar-refractivity contribution >= 4 is 7.12 Å². The molecule has 2 aromatic carbocycles. The third-order valence-corrected chi connectivity index (χ3v) is 7.09. The van der Waals surface area contributed by atoms with Gasteiger partial charge in [0.15, 0.2) is 0 Å². The predicted molar refractivity (Wildman–Crippen MR) is 114 cm³/mol. The number of benzene rings is 2. The van der Waals surface area contributed by atoms with Crippen molar-refractivity contribution in [2.24, 2.45) is 0 Å². The lowest BCUT2D eigenvalue weighted by atomic mass is 9.40. The Kier molecular flexibility index (Phi) is 4.63. The van der Waals surface area contributed by atoms with Crippen LogP contribution in [0.5, 0.6) is 5.75 Å². The summed E-state index contributed by atoms with van der Waals surface area (Å²) in [6.45, 7) is 10.6. The number of methoxy groups -OCH3 is 1. The molecule has 28 heavy (non-hydrogen) atoms. The average Bonchev–Trinajstić information content (AvgIpc) is 2.83. The van der Waals surface area contributed by atoms with Crippen molar-refractivity contribution in [3.8, 4) is 5.75 Å². The molecule has 0 amide bonds. The molecule has 4 heteroatoms. The number of rotatable bonds is 4. The van der Waals surface area contributed by atoms with Crippen molar-refractivity contribution < 1.29 is 14.0 Å². The van der Waals surface area contributed by atoms with Crippen LogP contribution in [0.4, 0.5) is 0 Å². The third-order valence-electron chi connectivity index (χ3n) is 7.09. The topological polar surface area (TPSA) is 27.7 Å². The van der Waals surface area contributed by atoms with Gasteiger partial charge in [-0.15, -0.1) is 0 Å². The zero-order valence-corrected chi connectivity index (χ0v) is 17.9. The second-order valence-electron chi connectivity index (χ2n) is 9.46. The summed E-state index contributed by atoms with van der Waals surface area (Å²) in [5.74, 6) is 1.43. The molecule has 2 aromatic rings. The zero-order valence-electron chi connectivity index (χ0n) is 17.9. The van der Waals surface area contributed by atoms with Gasteiger partial charge in [-0.3, -0.25) is 0 Å². The average molecular weight is 378 g/mol. The van der Waals surface area contributed by atoms with E-state index in [1.807, 2.05) is 0 Å². The summed E-state index contributed by atoms with van der Waals surface area (Å²) in [4.78, 5) is 0. The van der Waals surface area contributed by atoms with Gasteiger partial charge in [0.2, 0.25) is 0 Å². The Hall–Kier alpha value is -1.78. The summed E-state index contributed by atoms with van der Waals surface area (Å²) < 4.78 is 18.9. The first-order chi connectivity index (χ1) is 13.2. The summed E-state index contributed by atoms with van der Waals surface area (Å²) in [6.07, 6.45) is 1.99. The van der Waals surface area contributed by atoms with Crippen molar-refractivity contribution in [2.45, 2.75) is 69.9 Å². The Morgan fingerprint density at radius 1 is 0.929 bits per heavy atom. The lowest BCUT2D eigenvalue weighted by molar-refractivity contribution is 0.00578. The molecule has 2 fully saturated rings. The van der Waals surface area contributed by atoms with Crippen molar-refractivity contribution in [3.05, 3.63) is 65.2 Å². The second-order valence-corrected chi connectivity index (χ2v) is 9.46. The number of aryl methyl sites for hydroxylation is 1. The van der Waals surface area contributed by atoms with Crippen LogP contribution in [0.3, 0.4) is 0 Å². The Morgan fingerprint density at radius 3 is 2.11 bits per heavy atom. The molecule has 148 valence electrons. The maximum absolute atomic E-state index is 6.57. The van der Waals surface area contributed by atoms with Gasteiger partial charge in [0, 0.05) is 5.31 Å². The van der Waals surface area contributed by atoms with E-state index in [1.165, 1.54) is 16.7 Å². The Bertz CT molecular complexity index is 837. The summed E-state index contributed by atoms with van der Waals surface area (Å²) in [6, 6.07) is 17.2. The van der Waals surface area contributed by atoms with Crippen LogP contribution < -0.4 is 4.74 Å². The highest BCUT2D eigenvalue weighted by atomic mass is 16.7. The number of hydrogen-bond donors (Lipinski definition) is 0. The fraction of sp³-hybridized carbons (Fsp3) is 0.500. The van der Waals surface area contributed by atoms with Crippen LogP contribution in [0.1, 0.15) is 63.1 Å². The quantitative estimate of drug-likeness (QED) is 0.662. The first kappa shape index (κ1) is 19.5. The molecule has 1 heterocycles. The molecule has 0 unspecified atom stereocenters. The van der Waals surface area contributed by atoms with E-state index in [0.717, 1.165) is 18.6 Å². The van der Waals surface area contributed by atoms with Gasteiger partial charge in [-0.25, -0.2) is 0 Å². The largest absolute Gasteiger partial charge is 0.496 e. The monoisotopic (exact) mass is 378 g/mol. The molecular formula is C24H31BO3. The fourth-order valence-electron chi connectivity index (χ4n) is 4.60. The van der Waals surface area contributed by atoms with Gasteiger partial charge >= 0.3 is 7.12 Å². The minimum atomic E-state index is -0.348. The highest BCUT2D eigenvalue weighted by molar-refractivity contribution is 6.50. The van der Waals surface area contributed by atoms with Gasteiger partial charge in [0.1, 0.15) is 5.75 Å². The minimum Gasteiger partial charge on any atom is -0.496 e. The molecule has 1 aliphatic heterocycles. The number of hydrogen-bond acceptors (Lipinski definition) is 3. The smallest absolute Gasteiger partial charge is 0.469 e. The van der Waals surface area contributed by atoms with E-state index >= 15 is 0 Å². The van der Waals surface area contributed by atoms with E-state index in [0.29, 0.717) is 5.92 Å². The Balaban J connectivity index is 1.75. The zero-order chi connectivity index (χ0) is 20.2. The van der Waals surface area contributed by atoms with E-state index in [1.54, 1.807) is 7.11 Å². The summed E-state index contributed by atoms with van der Waals surface area (Å²) in [5.41, 5.74) is 3.14. The van der Waals surface area contributed by atoms with Gasteiger partial charge in [0.25, 0.3) is 0 Å². The molecular weight excluding hydrogens is 347 g/mol. The Labute approximate surface area is 169 Å². The first-order valence-corrected chi connectivity index (χ1v) is 10.2. The van der Waals surface area contributed by atoms with E-state index < -0.39 is 0 Å². The molecule has 1 aliphatic carbocycles. The van der Waals surface area contributed by atoms with Crippen LogP contribution in [0.25, 0.3) is 0 Å². The molecule has 0 aromatic heterocycles. The molecule has 0 spiro atoms. The molecule has 0 radical (unpaired) electrons. The molecule has 1 saturated carbocycles. The molecule has 1 saturated heterocycles. The summed E-state index contributed by atoms with van der Waals surface area (Å²) in [7, 11) is 1.47. The van der Waals surface area contributed by atoms with Crippen LogP contribution in [0, 0.1) is 6.92 Å². The van der Waals surface area contributed by atoms with Crippen LogP contribution in [-0.2, 0) is 14.6 Å². The highest BCUT2D eigenvalue weighted by Crippen LogP contribution is 2.59. The standard InChI is InChI=1S/C24H31BO3/c1-17-12-13-21(26-6)20(14-17)24(25-27-22(2,3)23(4,5)28-25)15-19(16-24)18-10-8-7-9-11-18/h7-14,19H,15-16H2,1-6H3. The normalized spacial score (nSPS) is 28.1. The van der Waals surface area contributed by atoms with Gasteiger partial charge in [0.05, 0.1) is 18.3 Å². The summed E-state index contributed by atoms with van der Waals surface area (Å²) in [5, 5.41) is -0.205. The molecule has 4 rings (SSSR count). The molecule has 2 aliphatic rings. The first-order valence-electron chi connectivity index (χ1n) is 10.2.